The maximum atomic E-state index is 13.5. The van der Waals surface area contributed by atoms with Crippen molar-refractivity contribution in [3.8, 4) is 0 Å². The van der Waals surface area contributed by atoms with Gasteiger partial charge in [-0.3, -0.25) is 18.9 Å². The van der Waals surface area contributed by atoms with Crippen LogP contribution in [0, 0.1) is 6.92 Å². The minimum absolute atomic E-state index is 0.197. The van der Waals surface area contributed by atoms with Crippen LogP contribution in [0.25, 0.3) is 11.7 Å². The highest BCUT2D eigenvalue weighted by Gasteiger charge is 2.36. The first-order valence-electron chi connectivity index (χ1n) is 11.5. The number of nitrogens with zero attached hydrogens (tertiary/aromatic N) is 3. The van der Waals surface area contributed by atoms with Gasteiger partial charge in [-0.05, 0) is 43.5 Å². The molecule has 0 spiro atoms. The predicted molar refractivity (Wildman–Crippen MR) is 144 cm³/mol. The van der Waals surface area contributed by atoms with E-state index < -0.39 is 0 Å². The quantitative estimate of drug-likeness (QED) is 0.252. The monoisotopic (exact) mass is 492 g/mol. The van der Waals surface area contributed by atoms with E-state index in [0.717, 1.165) is 30.4 Å². The highest BCUT2D eigenvalue weighted by atomic mass is 32.2. The molecule has 0 bridgehead atoms. The van der Waals surface area contributed by atoms with Gasteiger partial charge in [-0.15, -0.1) is 0 Å². The third-order valence-electron chi connectivity index (χ3n) is 5.85. The molecule has 0 aliphatic carbocycles. The Morgan fingerprint density at radius 1 is 1.15 bits per heavy atom. The van der Waals surface area contributed by atoms with Crippen molar-refractivity contribution in [2.24, 2.45) is 0 Å². The molecular weight excluding hydrogens is 464 g/mol. The summed E-state index contributed by atoms with van der Waals surface area (Å²) < 4.78 is 2.01. The van der Waals surface area contributed by atoms with Crippen LogP contribution in [0.2, 0.25) is 0 Å². The first-order chi connectivity index (χ1) is 16.4. The lowest BCUT2D eigenvalue weighted by molar-refractivity contribution is -0.123. The Morgan fingerprint density at radius 3 is 2.65 bits per heavy atom. The molecule has 1 atom stereocenters. The first-order valence-corrected chi connectivity index (χ1v) is 12.7. The molecule has 1 saturated heterocycles. The van der Waals surface area contributed by atoms with E-state index in [-0.39, 0.29) is 17.5 Å². The van der Waals surface area contributed by atoms with Crippen molar-refractivity contribution in [2.75, 3.05) is 11.9 Å². The summed E-state index contributed by atoms with van der Waals surface area (Å²) in [6.07, 6.45) is 6.57. The van der Waals surface area contributed by atoms with E-state index in [1.807, 2.05) is 56.3 Å². The molecule has 1 aliphatic rings. The highest BCUT2D eigenvalue weighted by molar-refractivity contribution is 8.26. The van der Waals surface area contributed by atoms with Crippen LogP contribution < -0.4 is 10.9 Å². The standard InChI is InChI=1S/C26H28N4O2S2/c1-4-5-9-14-27-23-20(24(31)29-16-17(2)12-13-22(29)28-23)15-21-25(32)30(26(33)34-21)18(3)19-10-7-6-8-11-19/h6-8,10-13,15-16,18,27H,4-5,9,14H2,1-3H3. The Kier molecular flexibility index (Phi) is 7.48. The van der Waals surface area contributed by atoms with Gasteiger partial charge in [0.25, 0.3) is 11.5 Å². The zero-order valence-corrected chi connectivity index (χ0v) is 21.2. The number of carbonyl (C=O) groups excluding carboxylic acids is 1. The summed E-state index contributed by atoms with van der Waals surface area (Å²) in [5.41, 5.74) is 2.67. The number of thioether (sulfide) groups is 1. The average Bonchev–Trinajstić information content (AvgIpc) is 3.12. The van der Waals surface area contributed by atoms with Gasteiger partial charge in [0, 0.05) is 12.7 Å². The largest absolute Gasteiger partial charge is 0.369 e. The van der Waals surface area contributed by atoms with Crippen LogP contribution in [0.5, 0.6) is 0 Å². The van der Waals surface area contributed by atoms with E-state index in [1.54, 1.807) is 17.2 Å². The van der Waals surface area contributed by atoms with Crippen LogP contribution in [0.1, 0.15) is 55.8 Å². The minimum Gasteiger partial charge on any atom is -0.369 e. The molecule has 1 fully saturated rings. The number of aromatic nitrogens is 2. The Balaban J connectivity index is 1.74. The van der Waals surface area contributed by atoms with E-state index in [0.29, 0.717) is 32.8 Å². The van der Waals surface area contributed by atoms with Gasteiger partial charge < -0.3 is 5.32 Å². The number of fused-ring (bicyclic) bond motifs is 1. The number of hydrogen-bond acceptors (Lipinski definition) is 6. The van der Waals surface area contributed by atoms with Crippen LogP contribution >= 0.6 is 24.0 Å². The molecule has 4 rings (SSSR count). The fraction of sp³-hybridized carbons (Fsp3) is 0.308. The molecule has 1 amide bonds. The van der Waals surface area contributed by atoms with Crippen molar-refractivity contribution in [3.05, 3.63) is 80.6 Å². The minimum atomic E-state index is -0.215. The van der Waals surface area contributed by atoms with E-state index in [4.69, 9.17) is 17.2 Å². The van der Waals surface area contributed by atoms with Gasteiger partial charge in [-0.2, -0.15) is 0 Å². The predicted octanol–water partition coefficient (Wildman–Crippen LogP) is 5.57. The fourth-order valence-electron chi connectivity index (χ4n) is 3.93. The van der Waals surface area contributed by atoms with E-state index in [1.165, 1.54) is 16.2 Å². The summed E-state index contributed by atoms with van der Waals surface area (Å²) in [4.78, 5) is 33.6. The number of pyridine rings is 1. The lowest BCUT2D eigenvalue weighted by Crippen LogP contribution is -2.31. The van der Waals surface area contributed by atoms with Gasteiger partial charge >= 0.3 is 0 Å². The number of unbranched alkanes of at least 4 members (excludes halogenated alkanes) is 2. The number of nitrogens with one attached hydrogen (secondary N) is 1. The molecular formula is C26H28N4O2S2. The Morgan fingerprint density at radius 2 is 1.91 bits per heavy atom. The molecule has 176 valence electrons. The van der Waals surface area contributed by atoms with Gasteiger partial charge in [0.05, 0.1) is 16.5 Å². The average molecular weight is 493 g/mol. The molecule has 1 aliphatic heterocycles. The maximum Gasteiger partial charge on any atom is 0.267 e. The Bertz CT molecular complexity index is 1320. The molecule has 2 aromatic heterocycles. The van der Waals surface area contributed by atoms with Crippen molar-refractivity contribution in [3.63, 3.8) is 0 Å². The molecule has 3 aromatic rings. The van der Waals surface area contributed by atoms with Crippen molar-refractivity contribution in [1.82, 2.24) is 14.3 Å². The number of hydrogen-bond donors (Lipinski definition) is 1. The lowest BCUT2D eigenvalue weighted by atomic mass is 10.1. The van der Waals surface area contributed by atoms with Crippen LogP contribution in [0.3, 0.4) is 0 Å². The van der Waals surface area contributed by atoms with Gasteiger partial charge in [-0.1, -0.05) is 80.1 Å². The molecule has 6 nitrogen and oxygen atoms in total. The van der Waals surface area contributed by atoms with Crippen molar-refractivity contribution in [1.29, 1.82) is 0 Å². The summed E-state index contributed by atoms with van der Waals surface area (Å²) in [6.45, 7) is 6.74. The van der Waals surface area contributed by atoms with Crippen LogP contribution in [-0.4, -0.2) is 31.1 Å². The van der Waals surface area contributed by atoms with Crippen LogP contribution in [-0.2, 0) is 4.79 Å². The number of rotatable bonds is 8. The summed E-state index contributed by atoms with van der Waals surface area (Å²) in [6, 6.07) is 13.3. The number of benzene rings is 1. The smallest absolute Gasteiger partial charge is 0.267 e. The van der Waals surface area contributed by atoms with Crippen LogP contribution in [0.4, 0.5) is 5.82 Å². The normalized spacial score (nSPS) is 16.0. The van der Waals surface area contributed by atoms with Crippen molar-refractivity contribution >= 4 is 51.7 Å². The SMILES string of the molecule is CCCCCNc1nc2ccc(C)cn2c(=O)c1C=C1SC(=S)N(C(C)c2ccccc2)C1=O. The van der Waals surface area contributed by atoms with Crippen LogP contribution in [0.15, 0.2) is 58.4 Å². The molecule has 3 heterocycles. The summed E-state index contributed by atoms with van der Waals surface area (Å²) in [5.74, 6) is 0.295. The number of carbonyl (C=O) groups is 1. The second kappa shape index (κ2) is 10.5. The van der Waals surface area contributed by atoms with E-state index in [9.17, 15) is 9.59 Å². The second-order valence-electron chi connectivity index (χ2n) is 8.39. The molecule has 0 radical (unpaired) electrons. The summed E-state index contributed by atoms with van der Waals surface area (Å²) in [7, 11) is 0. The second-order valence-corrected chi connectivity index (χ2v) is 10.1. The van der Waals surface area contributed by atoms with Gasteiger partial charge in [0.2, 0.25) is 0 Å². The summed E-state index contributed by atoms with van der Waals surface area (Å²) >= 11 is 6.78. The highest BCUT2D eigenvalue weighted by Crippen LogP contribution is 2.38. The molecule has 0 saturated carbocycles. The fourth-order valence-corrected chi connectivity index (χ4v) is 5.33. The third-order valence-corrected chi connectivity index (χ3v) is 7.18. The van der Waals surface area contributed by atoms with E-state index in [2.05, 4.69) is 12.2 Å². The molecule has 1 aromatic carbocycles. The van der Waals surface area contributed by atoms with E-state index >= 15 is 0 Å². The van der Waals surface area contributed by atoms with Gasteiger partial charge in [0.1, 0.15) is 15.8 Å². The number of thiocarbonyl (C=S) groups is 1. The number of anilines is 1. The van der Waals surface area contributed by atoms with Crippen molar-refractivity contribution in [2.45, 2.75) is 46.1 Å². The molecule has 1 N–H and O–H groups in total. The Hall–Kier alpha value is -2.97. The Labute approximate surface area is 209 Å². The van der Waals surface area contributed by atoms with Gasteiger partial charge in [0.15, 0.2) is 0 Å². The number of amides is 1. The topological polar surface area (TPSA) is 66.7 Å². The molecule has 1 unspecified atom stereocenters. The lowest BCUT2D eigenvalue weighted by Gasteiger charge is -2.23. The molecule has 34 heavy (non-hydrogen) atoms. The first kappa shape index (κ1) is 24.2. The zero-order chi connectivity index (χ0) is 24.2. The molecule has 8 heteroatoms. The maximum absolute atomic E-state index is 13.5. The number of aryl methyl sites for hydroxylation is 1. The third kappa shape index (κ3) is 4.93. The summed E-state index contributed by atoms with van der Waals surface area (Å²) in [5, 5.41) is 3.32. The van der Waals surface area contributed by atoms with Gasteiger partial charge in [-0.25, -0.2) is 4.98 Å². The zero-order valence-electron chi connectivity index (χ0n) is 19.6. The van der Waals surface area contributed by atoms with Crippen molar-refractivity contribution < 1.29 is 4.79 Å².